The molecule has 0 bridgehead atoms. The second kappa shape index (κ2) is 13.8. The van der Waals surface area contributed by atoms with Gasteiger partial charge in [0.05, 0.1) is 26.3 Å². The van der Waals surface area contributed by atoms with E-state index < -0.39 is 0 Å². The number of halogens is 1. The third kappa shape index (κ3) is 9.77. The molecule has 1 heterocycles. The number of nitrogens with one attached hydrogen (secondary N) is 2. The highest BCUT2D eigenvalue weighted by Gasteiger charge is 2.10. The summed E-state index contributed by atoms with van der Waals surface area (Å²) in [6.07, 6.45) is 1.02. The van der Waals surface area contributed by atoms with Crippen LogP contribution in [0, 0.1) is 13.8 Å². The first kappa shape index (κ1) is 25.6. The summed E-state index contributed by atoms with van der Waals surface area (Å²) in [5, 5.41) is 6.52. The van der Waals surface area contributed by atoms with Gasteiger partial charge in [0.25, 0.3) is 0 Å². The maximum Gasteiger partial charge on any atom is 0.241 e. The molecule has 0 aromatic heterocycles. The van der Waals surface area contributed by atoms with Gasteiger partial charge in [0, 0.05) is 33.7 Å². The van der Waals surface area contributed by atoms with E-state index in [1.807, 2.05) is 0 Å². The van der Waals surface area contributed by atoms with Crippen LogP contribution in [0.1, 0.15) is 23.1 Å². The average molecular weight is 517 g/mol. The van der Waals surface area contributed by atoms with Gasteiger partial charge in [0.1, 0.15) is 0 Å². The Kier molecular flexibility index (Phi) is 12.2. The molecule has 29 heavy (non-hydrogen) atoms. The van der Waals surface area contributed by atoms with Crippen molar-refractivity contribution >= 4 is 35.8 Å². The Morgan fingerprint density at radius 1 is 1.21 bits per heavy atom. The first-order valence-corrected chi connectivity index (χ1v) is 10.0. The van der Waals surface area contributed by atoms with E-state index in [-0.39, 0.29) is 36.4 Å². The van der Waals surface area contributed by atoms with Gasteiger partial charge in [-0.15, -0.1) is 24.0 Å². The summed E-state index contributed by atoms with van der Waals surface area (Å²) in [7, 11) is 3.51. The Morgan fingerprint density at radius 2 is 1.93 bits per heavy atom. The number of aliphatic imine (C=N–C) groups is 1. The van der Waals surface area contributed by atoms with Crippen LogP contribution in [0.4, 0.5) is 0 Å². The van der Waals surface area contributed by atoms with E-state index in [0.29, 0.717) is 12.5 Å². The van der Waals surface area contributed by atoms with E-state index in [2.05, 4.69) is 47.6 Å². The molecule has 8 heteroatoms. The lowest BCUT2D eigenvalue weighted by atomic mass is 10.1. The monoisotopic (exact) mass is 517 g/mol. The first-order valence-electron chi connectivity index (χ1n) is 10.0. The molecule has 0 aliphatic carbocycles. The van der Waals surface area contributed by atoms with Crippen molar-refractivity contribution in [3.63, 3.8) is 0 Å². The molecule has 2 N–H and O–H groups in total. The standard InChI is InChI=1S/C21H35N5O2.HI/c1-17-6-7-19(18(2)14-17)15-23-21(24-16-20(27)25(3)4)22-8-5-9-26-10-12-28-13-11-26;/h6-7,14H,5,8-13,15-16H2,1-4H3,(H2,22,23,24);1H. The highest BCUT2D eigenvalue weighted by atomic mass is 127. The quantitative estimate of drug-likeness (QED) is 0.238. The fourth-order valence-electron chi connectivity index (χ4n) is 3.01. The van der Waals surface area contributed by atoms with E-state index in [4.69, 9.17) is 9.73 Å². The molecule has 0 saturated carbocycles. The number of nitrogens with zero attached hydrogens (tertiary/aromatic N) is 3. The lowest BCUT2D eigenvalue weighted by Gasteiger charge is -2.26. The zero-order valence-corrected chi connectivity index (χ0v) is 20.5. The number of benzene rings is 1. The fraction of sp³-hybridized carbons (Fsp3) is 0.619. The number of guanidine groups is 1. The molecule has 1 aromatic rings. The van der Waals surface area contributed by atoms with Gasteiger partial charge in [-0.1, -0.05) is 23.8 Å². The van der Waals surface area contributed by atoms with Crippen molar-refractivity contribution < 1.29 is 9.53 Å². The van der Waals surface area contributed by atoms with E-state index in [1.165, 1.54) is 16.7 Å². The van der Waals surface area contributed by atoms with Gasteiger partial charge in [-0.3, -0.25) is 9.69 Å². The number of amides is 1. The number of hydrogen-bond acceptors (Lipinski definition) is 4. The summed E-state index contributed by atoms with van der Waals surface area (Å²) in [4.78, 5) is 20.6. The Labute approximate surface area is 192 Å². The highest BCUT2D eigenvalue weighted by molar-refractivity contribution is 14.0. The molecule has 2 rings (SSSR count). The summed E-state index contributed by atoms with van der Waals surface area (Å²) in [5.41, 5.74) is 3.68. The lowest BCUT2D eigenvalue weighted by molar-refractivity contribution is -0.127. The highest BCUT2D eigenvalue weighted by Crippen LogP contribution is 2.11. The Balaban J connectivity index is 0.00000420. The number of morpholine rings is 1. The number of carbonyl (C=O) groups excluding carboxylic acids is 1. The molecule has 1 aliphatic rings. The molecule has 1 amide bonds. The van der Waals surface area contributed by atoms with Crippen molar-refractivity contribution in [2.75, 3.05) is 60.0 Å². The third-order valence-electron chi connectivity index (χ3n) is 4.86. The fourth-order valence-corrected chi connectivity index (χ4v) is 3.01. The second-order valence-corrected chi connectivity index (χ2v) is 7.47. The summed E-state index contributed by atoms with van der Waals surface area (Å²) >= 11 is 0. The normalized spacial score (nSPS) is 14.8. The number of ether oxygens (including phenoxy) is 1. The first-order chi connectivity index (χ1) is 13.5. The maximum absolute atomic E-state index is 11.9. The van der Waals surface area contributed by atoms with Gasteiger partial charge in [-0.25, -0.2) is 4.99 Å². The van der Waals surface area contributed by atoms with Gasteiger partial charge < -0.3 is 20.3 Å². The molecule has 0 atom stereocenters. The predicted octanol–water partition coefficient (Wildman–Crippen LogP) is 1.77. The number of hydrogen-bond donors (Lipinski definition) is 2. The zero-order chi connectivity index (χ0) is 20.4. The van der Waals surface area contributed by atoms with Crippen LogP contribution >= 0.6 is 24.0 Å². The van der Waals surface area contributed by atoms with Crippen molar-refractivity contribution in [3.05, 3.63) is 34.9 Å². The summed E-state index contributed by atoms with van der Waals surface area (Å²) in [6, 6.07) is 6.40. The molecule has 1 fully saturated rings. The van der Waals surface area contributed by atoms with Gasteiger partial charge in [0.2, 0.25) is 5.91 Å². The Bertz CT molecular complexity index is 660. The van der Waals surface area contributed by atoms with E-state index in [1.54, 1.807) is 19.0 Å². The van der Waals surface area contributed by atoms with Crippen LogP contribution in [-0.2, 0) is 16.1 Å². The molecule has 164 valence electrons. The number of likely N-dealkylation sites (N-methyl/N-ethyl adjacent to an activating group) is 1. The molecule has 1 aromatic carbocycles. The number of aryl methyl sites for hydroxylation is 2. The number of rotatable bonds is 8. The summed E-state index contributed by atoms with van der Waals surface area (Å²) in [6.45, 7) is 10.5. The lowest BCUT2D eigenvalue weighted by Crippen LogP contribution is -2.44. The Morgan fingerprint density at radius 3 is 2.59 bits per heavy atom. The van der Waals surface area contributed by atoms with Crippen molar-refractivity contribution in [3.8, 4) is 0 Å². The molecule has 0 spiro atoms. The summed E-state index contributed by atoms with van der Waals surface area (Å²) in [5.74, 6) is 0.700. The SMILES string of the molecule is Cc1ccc(CN=C(NCCCN2CCOCC2)NCC(=O)N(C)C)c(C)c1.I. The second-order valence-electron chi connectivity index (χ2n) is 7.47. The van der Waals surface area contributed by atoms with Crippen molar-refractivity contribution in [1.82, 2.24) is 20.4 Å². The van der Waals surface area contributed by atoms with Gasteiger partial charge >= 0.3 is 0 Å². The minimum Gasteiger partial charge on any atom is -0.379 e. The zero-order valence-electron chi connectivity index (χ0n) is 18.2. The van der Waals surface area contributed by atoms with Crippen molar-refractivity contribution in [2.24, 2.45) is 4.99 Å². The van der Waals surface area contributed by atoms with Crippen LogP contribution in [-0.4, -0.2) is 81.7 Å². The predicted molar refractivity (Wildman–Crippen MR) is 129 cm³/mol. The van der Waals surface area contributed by atoms with Crippen LogP contribution < -0.4 is 10.6 Å². The average Bonchev–Trinajstić information content (AvgIpc) is 2.68. The van der Waals surface area contributed by atoms with Gasteiger partial charge in [0.15, 0.2) is 5.96 Å². The van der Waals surface area contributed by atoms with E-state index >= 15 is 0 Å². The van der Waals surface area contributed by atoms with Crippen LogP contribution in [0.25, 0.3) is 0 Å². The minimum atomic E-state index is 0. The topological polar surface area (TPSA) is 69.2 Å². The van der Waals surface area contributed by atoms with Crippen LogP contribution in [0.15, 0.2) is 23.2 Å². The molecule has 1 saturated heterocycles. The maximum atomic E-state index is 11.9. The van der Waals surface area contributed by atoms with Crippen LogP contribution in [0.3, 0.4) is 0 Å². The van der Waals surface area contributed by atoms with E-state index in [0.717, 1.165) is 45.8 Å². The Hall–Kier alpha value is -1.39. The third-order valence-corrected chi connectivity index (χ3v) is 4.86. The molecular weight excluding hydrogens is 481 g/mol. The van der Waals surface area contributed by atoms with Crippen molar-refractivity contribution in [2.45, 2.75) is 26.8 Å². The molecule has 0 radical (unpaired) electrons. The van der Waals surface area contributed by atoms with Crippen LogP contribution in [0.5, 0.6) is 0 Å². The molecule has 1 aliphatic heterocycles. The van der Waals surface area contributed by atoms with Gasteiger partial charge in [-0.05, 0) is 37.9 Å². The van der Waals surface area contributed by atoms with Gasteiger partial charge in [-0.2, -0.15) is 0 Å². The molecule has 0 unspecified atom stereocenters. The minimum absolute atomic E-state index is 0. The largest absolute Gasteiger partial charge is 0.379 e. The smallest absolute Gasteiger partial charge is 0.241 e. The molecular formula is C21H36IN5O2. The summed E-state index contributed by atoms with van der Waals surface area (Å²) < 4.78 is 5.39. The van der Waals surface area contributed by atoms with E-state index in [9.17, 15) is 4.79 Å². The van der Waals surface area contributed by atoms with Crippen molar-refractivity contribution in [1.29, 1.82) is 0 Å². The molecule has 7 nitrogen and oxygen atoms in total. The number of carbonyl (C=O) groups is 1. The van der Waals surface area contributed by atoms with Crippen LogP contribution in [0.2, 0.25) is 0 Å².